The predicted molar refractivity (Wildman–Crippen MR) is 121 cm³/mol. The Balaban J connectivity index is 1.72. The first-order valence-corrected chi connectivity index (χ1v) is 11.0. The van der Waals surface area contributed by atoms with Crippen LogP contribution in [-0.2, 0) is 11.3 Å². The van der Waals surface area contributed by atoms with Crippen LogP contribution in [0, 0.1) is 12.7 Å². The molecule has 1 aliphatic heterocycles. The number of hydrogen-bond donors (Lipinski definition) is 0. The van der Waals surface area contributed by atoms with Crippen molar-refractivity contribution in [2.75, 3.05) is 32.2 Å². The highest BCUT2D eigenvalue weighted by Crippen LogP contribution is 2.33. The molecule has 1 aliphatic rings. The van der Waals surface area contributed by atoms with Crippen LogP contribution in [0.1, 0.15) is 43.7 Å². The molecule has 0 saturated carbocycles. The van der Waals surface area contributed by atoms with Gasteiger partial charge in [-0.1, -0.05) is 25.1 Å². The highest BCUT2D eigenvalue weighted by Gasteiger charge is 2.29. The molecule has 0 N–H and O–H groups in total. The van der Waals surface area contributed by atoms with Crippen LogP contribution < -0.4 is 14.4 Å². The van der Waals surface area contributed by atoms with Gasteiger partial charge in [0.05, 0.1) is 14.2 Å². The molecule has 1 saturated heterocycles. The first-order chi connectivity index (χ1) is 15.0. The largest absolute Gasteiger partial charge is 0.493 e. The molecule has 168 valence electrons. The van der Waals surface area contributed by atoms with Crippen LogP contribution in [0.4, 0.5) is 10.1 Å². The topological polar surface area (TPSA) is 42.0 Å². The first-order valence-electron chi connectivity index (χ1n) is 11.0. The van der Waals surface area contributed by atoms with E-state index in [0.29, 0.717) is 17.7 Å². The van der Waals surface area contributed by atoms with Crippen molar-refractivity contribution in [2.24, 2.45) is 0 Å². The molecule has 2 aromatic carbocycles. The maximum atomic E-state index is 14.2. The van der Waals surface area contributed by atoms with Crippen molar-refractivity contribution in [3.8, 4) is 11.5 Å². The van der Waals surface area contributed by atoms with E-state index in [2.05, 4.69) is 11.0 Å². The molecule has 1 heterocycles. The molecular formula is C25H33FN2O3. The number of methoxy groups -OCH3 is 2. The third kappa shape index (κ3) is 5.37. The van der Waals surface area contributed by atoms with Crippen LogP contribution in [0.3, 0.4) is 0 Å². The predicted octanol–water partition coefficient (Wildman–Crippen LogP) is 4.95. The zero-order valence-electron chi connectivity index (χ0n) is 19.0. The minimum absolute atomic E-state index is 0.0682. The highest BCUT2D eigenvalue weighted by molar-refractivity contribution is 5.94. The Morgan fingerprint density at radius 3 is 2.52 bits per heavy atom. The van der Waals surface area contributed by atoms with Crippen LogP contribution in [0.15, 0.2) is 36.4 Å². The molecule has 0 radical (unpaired) electrons. The zero-order valence-corrected chi connectivity index (χ0v) is 19.0. The van der Waals surface area contributed by atoms with Crippen molar-refractivity contribution in [1.82, 2.24) is 4.90 Å². The van der Waals surface area contributed by atoms with E-state index in [1.54, 1.807) is 27.2 Å². The van der Waals surface area contributed by atoms with Gasteiger partial charge in [0.25, 0.3) is 0 Å². The summed E-state index contributed by atoms with van der Waals surface area (Å²) in [6, 6.07) is 11.1. The lowest BCUT2D eigenvalue weighted by atomic mass is 10.00. The summed E-state index contributed by atoms with van der Waals surface area (Å²) in [5, 5.41) is 0. The summed E-state index contributed by atoms with van der Waals surface area (Å²) in [5.74, 6) is 1.29. The van der Waals surface area contributed by atoms with Gasteiger partial charge in [-0.05, 0) is 49.9 Å². The summed E-state index contributed by atoms with van der Waals surface area (Å²) in [5.41, 5.74) is 2.34. The molecule has 0 atom stereocenters. The summed E-state index contributed by atoms with van der Waals surface area (Å²) in [6.07, 6.45) is 2.93. The van der Waals surface area contributed by atoms with E-state index < -0.39 is 0 Å². The molecule has 0 aromatic heterocycles. The van der Waals surface area contributed by atoms with Gasteiger partial charge in [-0.25, -0.2) is 4.39 Å². The highest BCUT2D eigenvalue weighted by atomic mass is 19.1. The van der Waals surface area contributed by atoms with E-state index in [-0.39, 0.29) is 17.8 Å². The van der Waals surface area contributed by atoms with Crippen molar-refractivity contribution in [3.63, 3.8) is 0 Å². The SMILES string of the molecule is CCCC(=O)N(c1ccc(C)c(F)c1)C1CCN(Cc2cccc(OC)c2OC)CC1. The van der Waals surface area contributed by atoms with E-state index in [0.717, 1.165) is 56.0 Å². The molecule has 0 spiro atoms. The molecule has 3 rings (SSSR count). The number of carbonyl (C=O) groups is 1. The number of aryl methyl sites for hydroxylation is 1. The second kappa shape index (κ2) is 10.6. The Morgan fingerprint density at radius 2 is 1.90 bits per heavy atom. The number of hydrogen-bond acceptors (Lipinski definition) is 4. The second-order valence-electron chi connectivity index (χ2n) is 8.11. The van der Waals surface area contributed by atoms with Crippen molar-refractivity contribution in [1.29, 1.82) is 0 Å². The lowest BCUT2D eigenvalue weighted by Gasteiger charge is -2.39. The van der Waals surface area contributed by atoms with Gasteiger partial charge in [-0.3, -0.25) is 9.69 Å². The fourth-order valence-corrected chi connectivity index (χ4v) is 4.28. The lowest BCUT2D eigenvalue weighted by Crippen LogP contribution is -2.47. The monoisotopic (exact) mass is 428 g/mol. The van der Waals surface area contributed by atoms with E-state index in [9.17, 15) is 9.18 Å². The van der Waals surface area contributed by atoms with Crippen LogP contribution in [0.25, 0.3) is 0 Å². The van der Waals surface area contributed by atoms with Crippen LogP contribution in [-0.4, -0.2) is 44.2 Å². The molecule has 31 heavy (non-hydrogen) atoms. The maximum absolute atomic E-state index is 14.2. The summed E-state index contributed by atoms with van der Waals surface area (Å²) < 4.78 is 25.2. The summed E-state index contributed by atoms with van der Waals surface area (Å²) in [6.45, 7) is 6.21. The van der Waals surface area contributed by atoms with Gasteiger partial charge >= 0.3 is 0 Å². The Morgan fingerprint density at radius 1 is 1.16 bits per heavy atom. The van der Waals surface area contributed by atoms with Gasteiger partial charge in [-0.2, -0.15) is 0 Å². The number of nitrogens with zero attached hydrogens (tertiary/aromatic N) is 2. The van der Waals surface area contributed by atoms with Crippen LogP contribution >= 0.6 is 0 Å². The van der Waals surface area contributed by atoms with Crippen LogP contribution in [0.5, 0.6) is 11.5 Å². The molecule has 5 nitrogen and oxygen atoms in total. The summed E-state index contributed by atoms with van der Waals surface area (Å²) in [4.78, 5) is 17.1. The first kappa shape index (κ1) is 23.1. The normalized spacial score (nSPS) is 15.0. The smallest absolute Gasteiger partial charge is 0.227 e. The van der Waals surface area contributed by atoms with Gasteiger partial charge < -0.3 is 14.4 Å². The number of rotatable bonds is 8. The van der Waals surface area contributed by atoms with Crippen molar-refractivity contribution in [3.05, 3.63) is 53.3 Å². The van der Waals surface area contributed by atoms with E-state index in [4.69, 9.17) is 9.47 Å². The number of likely N-dealkylation sites (tertiary alicyclic amines) is 1. The van der Waals surface area contributed by atoms with Gasteiger partial charge in [0.15, 0.2) is 11.5 Å². The lowest BCUT2D eigenvalue weighted by molar-refractivity contribution is -0.119. The second-order valence-corrected chi connectivity index (χ2v) is 8.11. The number of carbonyl (C=O) groups excluding carboxylic acids is 1. The number of anilines is 1. The number of amides is 1. The van der Waals surface area contributed by atoms with Crippen LogP contribution in [0.2, 0.25) is 0 Å². The van der Waals surface area contributed by atoms with Gasteiger partial charge in [0.2, 0.25) is 5.91 Å². The Hall–Kier alpha value is -2.60. The third-order valence-corrected chi connectivity index (χ3v) is 5.97. The van der Waals surface area contributed by atoms with Gasteiger partial charge in [0.1, 0.15) is 5.82 Å². The standard InChI is InChI=1S/C25H33FN2O3/c1-5-7-24(29)28(21-11-10-18(2)22(26)16-21)20-12-14-27(15-13-20)17-19-8-6-9-23(30-3)25(19)31-4/h6,8-11,16,20H,5,7,12-15,17H2,1-4H3. The molecule has 0 bridgehead atoms. The van der Waals surface area contributed by atoms with Crippen molar-refractivity contribution in [2.45, 2.75) is 52.1 Å². The average Bonchev–Trinajstić information content (AvgIpc) is 2.77. The minimum Gasteiger partial charge on any atom is -0.493 e. The Bertz CT molecular complexity index is 894. The van der Waals surface area contributed by atoms with Crippen molar-refractivity contribution >= 4 is 11.6 Å². The molecule has 1 amide bonds. The number of benzene rings is 2. The van der Waals surface area contributed by atoms with Gasteiger partial charge in [0, 0.05) is 43.3 Å². The third-order valence-electron chi connectivity index (χ3n) is 5.97. The van der Waals surface area contributed by atoms with E-state index in [1.807, 2.05) is 30.0 Å². The van der Waals surface area contributed by atoms with Gasteiger partial charge in [-0.15, -0.1) is 0 Å². The van der Waals surface area contributed by atoms with E-state index in [1.165, 1.54) is 6.07 Å². The fourth-order valence-electron chi connectivity index (χ4n) is 4.28. The minimum atomic E-state index is -0.269. The number of para-hydroxylation sites is 1. The summed E-state index contributed by atoms with van der Waals surface area (Å²) in [7, 11) is 3.30. The molecule has 2 aromatic rings. The van der Waals surface area contributed by atoms with Crippen molar-refractivity contribution < 1.29 is 18.7 Å². The Kier molecular flexibility index (Phi) is 7.91. The quantitative estimate of drug-likeness (QED) is 0.597. The summed E-state index contributed by atoms with van der Waals surface area (Å²) >= 11 is 0. The zero-order chi connectivity index (χ0) is 22.4. The molecule has 1 fully saturated rings. The fraction of sp³-hybridized carbons (Fsp3) is 0.480. The maximum Gasteiger partial charge on any atom is 0.227 e. The molecule has 0 aliphatic carbocycles. The Labute approximate surface area is 184 Å². The number of halogens is 1. The average molecular weight is 429 g/mol. The molecule has 6 heteroatoms. The number of piperidine rings is 1. The molecule has 0 unspecified atom stereocenters. The molecular weight excluding hydrogens is 395 g/mol. The van der Waals surface area contributed by atoms with E-state index >= 15 is 0 Å². The number of ether oxygens (including phenoxy) is 2.